The molecule has 2 amide bonds. The van der Waals surface area contributed by atoms with Gasteiger partial charge in [-0.1, -0.05) is 13.8 Å². The Morgan fingerprint density at radius 1 is 1.41 bits per heavy atom. The van der Waals surface area contributed by atoms with Gasteiger partial charge in [0.05, 0.1) is 6.10 Å². The topological polar surface area (TPSA) is 54.5 Å². The number of hydrogen-bond acceptors (Lipinski definition) is 3. The molecule has 3 rings (SSSR count). The summed E-state index contributed by atoms with van der Waals surface area (Å²) in [5.41, 5.74) is 1.25. The zero-order chi connectivity index (χ0) is 15.7. The molecule has 1 aromatic heterocycles. The summed E-state index contributed by atoms with van der Waals surface area (Å²) in [5, 5.41) is 2.94. The molecule has 2 aliphatic rings. The van der Waals surface area contributed by atoms with Gasteiger partial charge in [-0.15, -0.1) is 0 Å². The molecule has 0 radical (unpaired) electrons. The van der Waals surface area contributed by atoms with Crippen LogP contribution in [0.25, 0.3) is 0 Å². The number of hydrogen-bond donors (Lipinski definition) is 1. The van der Waals surface area contributed by atoms with Gasteiger partial charge >= 0.3 is 6.03 Å². The number of carbonyl (C=O) groups is 1. The molecule has 22 heavy (non-hydrogen) atoms. The summed E-state index contributed by atoms with van der Waals surface area (Å²) in [6.07, 6.45) is 5.34. The van der Waals surface area contributed by atoms with Crippen molar-refractivity contribution < 1.29 is 9.53 Å². The third-order valence-corrected chi connectivity index (χ3v) is 4.77. The number of aromatic nitrogens is 1. The first-order valence-corrected chi connectivity index (χ1v) is 8.04. The Morgan fingerprint density at radius 2 is 2.18 bits per heavy atom. The number of methoxy groups -OCH3 is 1. The molecule has 5 nitrogen and oxygen atoms in total. The van der Waals surface area contributed by atoms with E-state index in [9.17, 15) is 4.79 Å². The first-order valence-electron chi connectivity index (χ1n) is 8.04. The van der Waals surface area contributed by atoms with Crippen molar-refractivity contribution in [3.63, 3.8) is 0 Å². The highest BCUT2D eigenvalue weighted by Gasteiger charge is 2.37. The second kappa shape index (κ2) is 5.88. The molecule has 1 unspecified atom stereocenters. The Morgan fingerprint density at radius 3 is 2.82 bits per heavy atom. The minimum atomic E-state index is -0.0666. The number of amides is 2. The number of likely N-dealkylation sites (tertiary alicyclic amines) is 1. The van der Waals surface area contributed by atoms with Crippen LogP contribution in [0.2, 0.25) is 0 Å². The number of urea groups is 1. The van der Waals surface area contributed by atoms with Crippen molar-refractivity contribution >= 4 is 11.8 Å². The van der Waals surface area contributed by atoms with Gasteiger partial charge in [0.1, 0.15) is 5.82 Å². The Bertz CT molecular complexity index is 555. The van der Waals surface area contributed by atoms with Crippen molar-refractivity contribution in [3.8, 4) is 0 Å². The maximum atomic E-state index is 12.5. The fourth-order valence-electron chi connectivity index (χ4n) is 3.32. The molecule has 0 aromatic carbocycles. The van der Waals surface area contributed by atoms with Gasteiger partial charge in [-0.25, -0.2) is 9.78 Å². The summed E-state index contributed by atoms with van der Waals surface area (Å²) in [6, 6.07) is 3.98. The van der Waals surface area contributed by atoms with Crippen molar-refractivity contribution in [1.82, 2.24) is 9.88 Å². The summed E-state index contributed by atoms with van der Waals surface area (Å²) < 4.78 is 5.53. The highest BCUT2D eigenvalue weighted by Crippen LogP contribution is 2.40. The van der Waals surface area contributed by atoms with E-state index < -0.39 is 0 Å². The summed E-state index contributed by atoms with van der Waals surface area (Å²) in [7, 11) is 1.75. The number of pyridine rings is 1. The van der Waals surface area contributed by atoms with Crippen LogP contribution in [0.5, 0.6) is 0 Å². The van der Waals surface area contributed by atoms with Crippen molar-refractivity contribution in [1.29, 1.82) is 0 Å². The lowest BCUT2D eigenvalue weighted by atomic mass is 9.81. The summed E-state index contributed by atoms with van der Waals surface area (Å²) in [6.45, 7) is 5.70. The Balaban J connectivity index is 1.63. The lowest BCUT2D eigenvalue weighted by Gasteiger charge is -2.43. The molecular weight excluding hydrogens is 278 g/mol. The van der Waals surface area contributed by atoms with E-state index in [2.05, 4.69) is 24.1 Å². The third kappa shape index (κ3) is 3.24. The minimum Gasteiger partial charge on any atom is -0.381 e. The maximum Gasteiger partial charge on any atom is 0.323 e. The number of nitrogens with one attached hydrogen (secondary N) is 1. The van der Waals surface area contributed by atoms with E-state index in [4.69, 9.17) is 4.74 Å². The molecule has 2 fully saturated rings. The fourth-order valence-corrected chi connectivity index (χ4v) is 3.32. The SMILES string of the molecule is COC1CCN(C(=O)Nc2cc(C3CC3)ccn2)CC1(C)C. The van der Waals surface area contributed by atoms with Crippen LogP contribution in [0.15, 0.2) is 18.3 Å². The van der Waals surface area contributed by atoms with Crippen LogP contribution in [0, 0.1) is 5.41 Å². The van der Waals surface area contributed by atoms with Crippen molar-refractivity contribution in [2.75, 3.05) is 25.5 Å². The molecule has 120 valence electrons. The average molecular weight is 303 g/mol. The van der Waals surface area contributed by atoms with Gasteiger partial charge in [0.15, 0.2) is 0 Å². The normalized spacial score (nSPS) is 24.1. The molecule has 1 saturated heterocycles. The average Bonchev–Trinajstić information content (AvgIpc) is 3.31. The van der Waals surface area contributed by atoms with E-state index in [1.54, 1.807) is 13.3 Å². The van der Waals surface area contributed by atoms with E-state index in [-0.39, 0.29) is 17.6 Å². The molecule has 1 saturated carbocycles. The first kappa shape index (κ1) is 15.3. The predicted octanol–water partition coefficient (Wildman–Crippen LogP) is 3.24. The number of anilines is 1. The second-order valence-electron chi connectivity index (χ2n) is 7.10. The Kier molecular flexibility index (Phi) is 4.08. The minimum absolute atomic E-state index is 0.0341. The quantitative estimate of drug-likeness (QED) is 0.932. The lowest BCUT2D eigenvalue weighted by molar-refractivity contribution is -0.0394. The van der Waals surface area contributed by atoms with Crippen LogP contribution in [0.3, 0.4) is 0 Å². The molecule has 1 aromatic rings. The summed E-state index contributed by atoms with van der Waals surface area (Å²) >= 11 is 0. The molecule has 1 N–H and O–H groups in total. The van der Waals surface area contributed by atoms with Crippen LogP contribution < -0.4 is 5.32 Å². The number of carbonyl (C=O) groups excluding carboxylic acids is 1. The Labute approximate surface area is 132 Å². The van der Waals surface area contributed by atoms with Crippen LogP contribution in [0.1, 0.15) is 44.6 Å². The smallest absolute Gasteiger partial charge is 0.323 e. The van der Waals surface area contributed by atoms with E-state index in [1.165, 1.54) is 18.4 Å². The van der Waals surface area contributed by atoms with Gasteiger partial charge in [-0.05, 0) is 42.9 Å². The predicted molar refractivity (Wildman–Crippen MR) is 86.0 cm³/mol. The summed E-state index contributed by atoms with van der Waals surface area (Å²) in [4.78, 5) is 18.6. The summed E-state index contributed by atoms with van der Waals surface area (Å²) in [5.74, 6) is 1.32. The van der Waals surface area contributed by atoms with Crippen molar-refractivity contribution in [3.05, 3.63) is 23.9 Å². The molecule has 1 atom stereocenters. The van der Waals surface area contributed by atoms with E-state index >= 15 is 0 Å². The molecule has 1 aliphatic heterocycles. The van der Waals surface area contributed by atoms with Crippen LogP contribution in [-0.2, 0) is 4.74 Å². The first-order chi connectivity index (χ1) is 10.5. The number of nitrogens with zero attached hydrogens (tertiary/aromatic N) is 2. The van der Waals surface area contributed by atoms with Gasteiger partial charge in [-0.2, -0.15) is 0 Å². The highest BCUT2D eigenvalue weighted by molar-refractivity contribution is 5.88. The molecular formula is C17H25N3O2. The standard InChI is InChI=1S/C17H25N3O2/c1-17(2)11-20(9-7-14(17)22-3)16(21)19-15-10-13(6-8-18-15)12-4-5-12/h6,8,10,12,14H,4-5,7,9,11H2,1-3H3,(H,18,19,21). The maximum absolute atomic E-state index is 12.5. The third-order valence-electron chi connectivity index (χ3n) is 4.77. The van der Waals surface area contributed by atoms with E-state index in [0.717, 1.165) is 13.0 Å². The van der Waals surface area contributed by atoms with E-state index in [0.29, 0.717) is 18.3 Å². The molecule has 2 heterocycles. The molecule has 0 bridgehead atoms. The van der Waals surface area contributed by atoms with Gasteiger partial charge < -0.3 is 9.64 Å². The van der Waals surface area contributed by atoms with E-state index in [1.807, 2.05) is 17.0 Å². The molecule has 5 heteroatoms. The van der Waals surface area contributed by atoms with Crippen LogP contribution >= 0.6 is 0 Å². The largest absolute Gasteiger partial charge is 0.381 e. The highest BCUT2D eigenvalue weighted by atomic mass is 16.5. The van der Waals surface area contributed by atoms with Gasteiger partial charge in [-0.3, -0.25) is 5.32 Å². The Hall–Kier alpha value is -1.62. The lowest BCUT2D eigenvalue weighted by Crippen LogP contribution is -2.52. The van der Waals surface area contributed by atoms with Crippen LogP contribution in [0.4, 0.5) is 10.6 Å². The van der Waals surface area contributed by atoms with Crippen LogP contribution in [-0.4, -0.2) is 42.2 Å². The van der Waals surface area contributed by atoms with Crippen molar-refractivity contribution in [2.45, 2.75) is 45.1 Å². The van der Waals surface area contributed by atoms with Gasteiger partial charge in [0, 0.05) is 31.8 Å². The zero-order valence-electron chi connectivity index (χ0n) is 13.6. The number of ether oxygens (including phenoxy) is 1. The zero-order valence-corrected chi connectivity index (χ0v) is 13.6. The monoisotopic (exact) mass is 303 g/mol. The van der Waals surface area contributed by atoms with Crippen molar-refractivity contribution in [2.24, 2.45) is 5.41 Å². The molecule has 1 aliphatic carbocycles. The number of piperidine rings is 1. The fraction of sp³-hybridized carbons (Fsp3) is 0.647. The van der Waals surface area contributed by atoms with Gasteiger partial charge in [0.2, 0.25) is 0 Å². The molecule has 0 spiro atoms. The van der Waals surface area contributed by atoms with Gasteiger partial charge in [0.25, 0.3) is 0 Å². The second-order valence-corrected chi connectivity index (χ2v) is 7.10. The number of rotatable bonds is 3.